The van der Waals surface area contributed by atoms with Crippen LogP contribution in [0.15, 0.2) is 27.0 Å². The second kappa shape index (κ2) is 4.18. The minimum atomic E-state index is -0.238. The molecule has 3 heteroatoms. The summed E-state index contributed by atoms with van der Waals surface area (Å²) in [6.07, 6.45) is 0.885. The molecule has 16 heavy (non-hydrogen) atoms. The van der Waals surface area contributed by atoms with E-state index < -0.39 is 0 Å². The van der Waals surface area contributed by atoms with Gasteiger partial charge in [0.2, 0.25) is 0 Å². The van der Waals surface area contributed by atoms with Crippen LogP contribution in [0.3, 0.4) is 0 Å². The zero-order chi connectivity index (χ0) is 11.7. The van der Waals surface area contributed by atoms with Crippen LogP contribution in [0.25, 0.3) is 0 Å². The molecule has 1 atom stereocenters. The highest BCUT2D eigenvalue weighted by Crippen LogP contribution is 2.26. The lowest BCUT2D eigenvalue weighted by atomic mass is 10.1. The molecule has 0 fully saturated rings. The van der Waals surface area contributed by atoms with Crippen LogP contribution >= 0.6 is 0 Å². The fourth-order valence-corrected chi connectivity index (χ4v) is 1.86. The van der Waals surface area contributed by atoms with Gasteiger partial charge in [-0.2, -0.15) is 0 Å². The van der Waals surface area contributed by atoms with E-state index in [4.69, 9.17) is 14.6 Å². The van der Waals surface area contributed by atoms with Crippen LogP contribution < -0.4 is 5.73 Å². The highest BCUT2D eigenvalue weighted by atomic mass is 16.3. The normalized spacial score (nSPS) is 13.0. The van der Waals surface area contributed by atoms with Gasteiger partial charge >= 0.3 is 0 Å². The van der Waals surface area contributed by atoms with Crippen molar-refractivity contribution in [3.8, 4) is 0 Å². The van der Waals surface area contributed by atoms with E-state index in [1.165, 1.54) is 0 Å². The third kappa shape index (κ3) is 1.91. The predicted octanol–water partition coefficient (Wildman–Crippen LogP) is 3.10. The number of rotatable bonds is 3. The number of hydrogen-bond acceptors (Lipinski definition) is 3. The Kier molecular flexibility index (Phi) is 2.88. The van der Waals surface area contributed by atoms with Gasteiger partial charge in [0, 0.05) is 12.0 Å². The quantitative estimate of drug-likeness (QED) is 0.863. The minimum Gasteiger partial charge on any atom is -0.466 e. The minimum absolute atomic E-state index is 0.238. The fourth-order valence-electron chi connectivity index (χ4n) is 1.86. The average Bonchev–Trinajstić information content (AvgIpc) is 2.84. The van der Waals surface area contributed by atoms with Crippen LogP contribution in [-0.4, -0.2) is 0 Å². The summed E-state index contributed by atoms with van der Waals surface area (Å²) in [5, 5.41) is 0. The van der Waals surface area contributed by atoms with E-state index in [9.17, 15) is 0 Å². The third-order valence-electron chi connectivity index (χ3n) is 2.75. The van der Waals surface area contributed by atoms with Crippen LogP contribution in [0, 0.1) is 13.8 Å². The van der Waals surface area contributed by atoms with Crippen LogP contribution in [0.5, 0.6) is 0 Å². The van der Waals surface area contributed by atoms with Crippen LogP contribution in [0.1, 0.15) is 41.6 Å². The van der Waals surface area contributed by atoms with Crippen molar-refractivity contribution in [3.63, 3.8) is 0 Å². The van der Waals surface area contributed by atoms with Gasteiger partial charge < -0.3 is 14.6 Å². The summed E-state index contributed by atoms with van der Waals surface area (Å²) in [5.74, 6) is 3.49. The van der Waals surface area contributed by atoms with Gasteiger partial charge in [-0.3, -0.25) is 0 Å². The largest absolute Gasteiger partial charge is 0.466 e. The Balaban J connectivity index is 2.31. The molecule has 0 aliphatic rings. The summed E-state index contributed by atoms with van der Waals surface area (Å²) < 4.78 is 11.1. The Morgan fingerprint density at radius 1 is 1.25 bits per heavy atom. The molecule has 0 aliphatic heterocycles. The number of aryl methyl sites for hydroxylation is 3. The van der Waals surface area contributed by atoms with Gasteiger partial charge in [0.15, 0.2) is 0 Å². The van der Waals surface area contributed by atoms with Crippen LogP contribution in [0.4, 0.5) is 0 Å². The lowest BCUT2D eigenvalue weighted by molar-refractivity contribution is 0.448. The SMILES string of the molecule is CCc1ccc(C(N)c2cc(C)oc2C)o1. The van der Waals surface area contributed by atoms with E-state index in [0.29, 0.717) is 0 Å². The van der Waals surface area contributed by atoms with E-state index >= 15 is 0 Å². The maximum absolute atomic E-state index is 6.14. The fraction of sp³-hybridized carbons (Fsp3) is 0.385. The molecular formula is C13H17NO2. The van der Waals surface area contributed by atoms with E-state index in [2.05, 4.69) is 6.92 Å². The first-order chi connectivity index (χ1) is 7.61. The van der Waals surface area contributed by atoms with Gasteiger partial charge in [-0.05, 0) is 32.0 Å². The topological polar surface area (TPSA) is 52.3 Å². The molecule has 1 unspecified atom stereocenters. The maximum atomic E-state index is 6.14. The van der Waals surface area contributed by atoms with E-state index in [-0.39, 0.29) is 6.04 Å². The molecule has 0 aromatic carbocycles. The molecule has 2 aromatic rings. The molecule has 2 N–H and O–H groups in total. The molecule has 0 amide bonds. The number of furan rings is 2. The number of hydrogen-bond donors (Lipinski definition) is 1. The van der Waals surface area contributed by atoms with Gasteiger partial charge in [-0.1, -0.05) is 6.92 Å². The van der Waals surface area contributed by atoms with Crippen molar-refractivity contribution in [1.29, 1.82) is 0 Å². The van der Waals surface area contributed by atoms with E-state index in [0.717, 1.165) is 35.0 Å². The second-order valence-electron chi connectivity index (χ2n) is 4.00. The molecule has 86 valence electrons. The lowest BCUT2D eigenvalue weighted by Crippen LogP contribution is -2.11. The molecule has 3 nitrogen and oxygen atoms in total. The first-order valence-corrected chi connectivity index (χ1v) is 5.53. The van der Waals surface area contributed by atoms with Crippen molar-refractivity contribution in [2.75, 3.05) is 0 Å². The van der Waals surface area contributed by atoms with Crippen LogP contribution in [0.2, 0.25) is 0 Å². The Labute approximate surface area is 95.2 Å². The average molecular weight is 219 g/mol. The second-order valence-corrected chi connectivity index (χ2v) is 4.00. The maximum Gasteiger partial charge on any atom is 0.125 e. The van der Waals surface area contributed by atoms with Crippen molar-refractivity contribution in [1.82, 2.24) is 0 Å². The van der Waals surface area contributed by atoms with Crippen molar-refractivity contribution in [2.45, 2.75) is 33.2 Å². The highest BCUT2D eigenvalue weighted by molar-refractivity contribution is 5.30. The molecule has 0 bridgehead atoms. The molecule has 0 aliphatic carbocycles. The van der Waals surface area contributed by atoms with Crippen molar-refractivity contribution >= 4 is 0 Å². The summed E-state index contributed by atoms with van der Waals surface area (Å²) in [7, 11) is 0. The number of nitrogens with two attached hydrogens (primary N) is 1. The predicted molar refractivity (Wildman–Crippen MR) is 62.3 cm³/mol. The molecule has 2 rings (SSSR count). The first kappa shape index (κ1) is 11.0. The lowest BCUT2D eigenvalue weighted by Gasteiger charge is -2.06. The third-order valence-corrected chi connectivity index (χ3v) is 2.75. The van der Waals surface area contributed by atoms with Gasteiger partial charge in [-0.25, -0.2) is 0 Å². The summed E-state index contributed by atoms with van der Waals surface area (Å²) in [6, 6.07) is 5.63. The monoisotopic (exact) mass is 219 g/mol. The Morgan fingerprint density at radius 2 is 2.00 bits per heavy atom. The summed E-state index contributed by atoms with van der Waals surface area (Å²) in [4.78, 5) is 0. The molecule has 0 saturated carbocycles. The Bertz CT molecular complexity index is 482. The first-order valence-electron chi connectivity index (χ1n) is 5.53. The molecule has 0 saturated heterocycles. The van der Waals surface area contributed by atoms with Crippen molar-refractivity contribution < 1.29 is 8.83 Å². The van der Waals surface area contributed by atoms with Gasteiger partial charge in [0.1, 0.15) is 23.0 Å². The zero-order valence-corrected chi connectivity index (χ0v) is 9.91. The molecule has 0 radical (unpaired) electrons. The van der Waals surface area contributed by atoms with E-state index in [1.54, 1.807) is 0 Å². The Hall–Kier alpha value is -1.48. The standard InChI is InChI=1S/C13H17NO2/c1-4-10-5-6-12(16-10)13(14)11-7-8(2)15-9(11)3/h5-7,13H,4,14H2,1-3H3. The summed E-state index contributed by atoms with van der Waals surface area (Å²) in [5.41, 5.74) is 7.14. The molecule has 2 heterocycles. The van der Waals surface area contributed by atoms with Crippen molar-refractivity contribution in [2.24, 2.45) is 5.73 Å². The summed E-state index contributed by atoms with van der Waals surface area (Å²) >= 11 is 0. The molecule has 0 spiro atoms. The highest BCUT2D eigenvalue weighted by Gasteiger charge is 2.18. The smallest absolute Gasteiger partial charge is 0.125 e. The van der Waals surface area contributed by atoms with Gasteiger partial charge in [0.05, 0.1) is 6.04 Å². The Morgan fingerprint density at radius 3 is 2.50 bits per heavy atom. The van der Waals surface area contributed by atoms with Gasteiger partial charge in [0.25, 0.3) is 0 Å². The van der Waals surface area contributed by atoms with Crippen molar-refractivity contribution in [3.05, 3.63) is 46.8 Å². The van der Waals surface area contributed by atoms with Gasteiger partial charge in [-0.15, -0.1) is 0 Å². The zero-order valence-electron chi connectivity index (χ0n) is 9.91. The van der Waals surface area contributed by atoms with Crippen LogP contribution in [-0.2, 0) is 6.42 Å². The molecule has 2 aromatic heterocycles. The summed E-state index contributed by atoms with van der Waals surface area (Å²) in [6.45, 7) is 5.90. The van der Waals surface area contributed by atoms with E-state index in [1.807, 2.05) is 32.0 Å². The molecular weight excluding hydrogens is 202 g/mol.